The van der Waals surface area contributed by atoms with E-state index in [2.05, 4.69) is 4.99 Å². The summed E-state index contributed by atoms with van der Waals surface area (Å²) in [5.41, 5.74) is 1.11. The van der Waals surface area contributed by atoms with Crippen LogP contribution < -0.4 is 4.74 Å². The summed E-state index contributed by atoms with van der Waals surface area (Å²) in [6.45, 7) is 0. The van der Waals surface area contributed by atoms with Crippen molar-refractivity contribution in [2.75, 3.05) is 7.11 Å². The van der Waals surface area contributed by atoms with Crippen molar-refractivity contribution in [2.45, 2.75) is 6.42 Å². The highest BCUT2D eigenvalue weighted by molar-refractivity contribution is 6.03. The Morgan fingerprint density at radius 2 is 2.06 bits per heavy atom. The van der Waals surface area contributed by atoms with Gasteiger partial charge in [0.05, 0.1) is 13.0 Å². The number of hydrogen-bond donors (Lipinski definition) is 0. The lowest BCUT2D eigenvalue weighted by Gasteiger charge is -2.11. The molecule has 0 radical (unpaired) electrons. The van der Waals surface area contributed by atoms with E-state index in [4.69, 9.17) is 4.74 Å². The van der Waals surface area contributed by atoms with Gasteiger partial charge in [-0.25, -0.2) is 0 Å². The lowest BCUT2D eigenvalue weighted by molar-refractivity contribution is -0.116. The molecule has 2 rings (SSSR count). The monoisotopic (exact) mass is 215 g/mol. The van der Waals surface area contributed by atoms with E-state index >= 15 is 0 Å². The Labute approximate surface area is 94.5 Å². The van der Waals surface area contributed by atoms with E-state index in [0.717, 1.165) is 11.3 Å². The molecule has 1 aliphatic rings. The van der Waals surface area contributed by atoms with Gasteiger partial charge in [0.25, 0.3) is 0 Å². The zero-order valence-electron chi connectivity index (χ0n) is 9.09. The molecule has 0 aliphatic carbocycles. The van der Waals surface area contributed by atoms with E-state index in [1.807, 2.05) is 24.3 Å². The second kappa shape index (κ2) is 4.75. The molecular formula is C13H13NO2. The largest absolute Gasteiger partial charge is 0.497 e. The molecule has 0 aromatic heterocycles. The number of rotatable bonds is 3. The SMILES string of the molecule is COc1ccc(CC2C=NC=CC2=O)cc1. The normalized spacial score (nSPS) is 18.8. The molecule has 0 spiro atoms. The van der Waals surface area contributed by atoms with Gasteiger partial charge in [0.1, 0.15) is 5.75 Å². The van der Waals surface area contributed by atoms with Gasteiger partial charge in [-0.15, -0.1) is 0 Å². The first-order valence-electron chi connectivity index (χ1n) is 5.16. The summed E-state index contributed by atoms with van der Waals surface area (Å²) in [4.78, 5) is 15.5. The van der Waals surface area contributed by atoms with Gasteiger partial charge in [-0.05, 0) is 24.1 Å². The molecule has 1 aliphatic heterocycles. The van der Waals surface area contributed by atoms with Crippen LogP contribution in [0.15, 0.2) is 41.5 Å². The maximum Gasteiger partial charge on any atom is 0.165 e. The molecule has 0 saturated heterocycles. The standard InChI is InChI=1S/C13H13NO2/c1-16-12-4-2-10(3-5-12)8-11-9-14-7-6-13(11)15/h2-7,9,11H,8H2,1H3. The third kappa shape index (κ3) is 2.37. The highest BCUT2D eigenvalue weighted by Crippen LogP contribution is 2.15. The van der Waals surface area contributed by atoms with E-state index in [9.17, 15) is 4.79 Å². The first kappa shape index (κ1) is 10.6. The van der Waals surface area contributed by atoms with Crippen LogP contribution >= 0.6 is 0 Å². The zero-order chi connectivity index (χ0) is 11.4. The van der Waals surface area contributed by atoms with Crippen LogP contribution in [-0.4, -0.2) is 19.1 Å². The quantitative estimate of drug-likeness (QED) is 0.773. The minimum absolute atomic E-state index is 0.116. The Kier molecular flexibility index (Phi) is 3.15. The first-order chi connectivity index (χ1) is 7.79. The molecule has 0 bridgehead atoms. The van der Waals surface area contributed by atoms with Crippen LogP contribution in [0, 0.1) is 5.92 Å². The average molecular weight is 215 g/mol. The Hall–Kier alpha value is -1.90. The third-order valence-electron chi connectivity index (χ3n) is 2.57. The maximum atomic E-state index is 11.5. The molecule has 0 N–H and O–H groups in total. The lowest BCUT2D eigenvalue weighted by Crippen LogP contribution is -2.18. The van der Waals surface area contributed by atoms with Gasteiger partial charge in [0.2, 0.25) is 0 Å². The highest BCUT2D eigenvalue weighted by atomic mass is 16.5. The Bertz CT molecular complexity index is 432. The molecule has 1 unspecified atom stereocenters. The summed E-state index contributed by atoms with van der Waals surface area (Å²) in [7, 11) is 1.64. The van der Waals surface area contributed by atoms with Crippen molar-refractivity contribution in [3.05, 3.63) is 42.1 Å². The van der Waals surface area contributed by atoms with Crippen molar-refractivity contribution in [1.29, 1.82) is 0 Å². The van der Waals surface area contributed by atoms with E-state index in [1.165, 1.54) is 12.3 Å². The molecule has 0 amide bonds. The number of ether oxygens (including phenoxy) is 1. The molecule has 1 heterocycles. The van der Waals surface area contributed by atoms with E-state index < -0.39 is 0 Å². The molecule has 16 heavy (non-hydrogen) atoms. The molecular weight excluding hydrogens is 202 g/mol. The fourth-order valence-electron chi connectivity index (χ4n) is 1.64. The first-order valence-corrected chi connectivity index (χ1v) is 5.16. The molecule has 1 aromatic rings. The third-order valence-corrected chi connectivity index (χ3v) is 2.57. The predicted molar refractivity (Wildman–Crippen MR) is 62.8 cm³/mol. The topological polar surface area (TPSA) is 38.7 Å². The second-order valence-corrected chi connectivity index (χ2v) is 3.67. The summed E-state index contributed by atoms with van der Waals surface area (Å²) in [6.07, 6.45) is 5.45. The van der Waals surface area contributed by atoms with Gasteiger partial charge in [-0.1, -0.05) is 12.1 Å². The van der Waals surface area contributed by atoms with Crippen molar-refractivity contribution in [3.8, 4) is 5.75 Å². The number of carbonyl (C=O) groups excluding carboxylic acids is 1. The number of benzene rings is 1. The van der Waals surface area contributed by atoms with Crippen molar-refractivity contribution >= 4 is 12.0 Å². The molecule has 3 nitrogen and oxygen atoms in total. The van der Waals surface area contributed by atoms with Crippen LogP contribution in [-0.2, 0) is 11.2 Å². The summed E-state index contributed by atoms with van der Waals surface area (Å²) < 4.78 is 5.08. The van der Waals surface area contributed by atoms with Crippen molar-refractivity contribution < 1.29 is 9.53 Å². The molecule has 1 atom stereocenters. The van der Waals surface area contributed by atoms with Crippen LogP contribution in [0.25, 0.3) is 0 Å². The summed E-state index contributed by atoms with van der Waals surface area (Å²) in [6, 6.07) is 7.74. The average Bonchev–Trinajstić information content (AvgIpc) is 2.33. The smallest absolute Gasteiger partial charge is 0.165 e. The van der Waals surface area contributed by atoms with Gasteiger partial charge < -0.3 is 4.74 Å². The molecule has 0 fully saturated rings. The number of carbonyl (C=O) groups is 1. The van der Waals surface area contributed by atoms with Gasteiger partial charge in [0.15, 0.2) is 5.78 Å². The molecule has 82 valence electrons. The van der Waals surface area contributed by atoms with Crippen LogP contribution in [0.5, 0.6) is 5.75 Å². The van der Waals surface area contributed by atoms with Crippen LogP contribution in [0.1, 0.15) is 5.56 Å². The number of ketones is 1. The number of methoxy groups -OCH3 is 1. The number of nitrogens with zero attached hydrogens (tertiary/aromatic N) is 1. The summed E-state index contributed by atoms with van der Waals surface area (Å²) in [5.74, 6) is 0.816. The van der Waals surface area contributed by atoms with E-state index in [-0.39, 0.29) is 11.7 Å². The molecule has 0 saturated carbocycles. The summed E-state index contributed by atoms with van der Waals surface area (Å²) in [5, 5.41) is 0. The Morgan fingerprint density at radius 1 is 1.31 bits per heavy atom. The number of aliphatic imine (C=N–C) groups is 1. The zero-order valence-corrected chi connectivity index (χ0v) is 9.09. The van der Waals surface area contributed by atoms with Gasteiger partial charge in [0, 0.05) is 18.5 Å². The molecule has 1 aromatic carbocycles. The fourth-order valence-corrected chi connectivity index (χ4v) is 1.64. The predicted octanol–water partition coefficient (Wildman–Crippen LogP) is 2.02. The number of allylic oxidation sites excluding steroid dienone is 1. The van der Waals surface area contributed by atoms with Crippen LogP contribution in [0.3, 0.4) is 0 Å². The van der Waals surface area contributed by atoms with E-state index in [1.54, 1.807) is 13.3 Å². The van der Waals surface area contributed by atoms with Crippen molar-refractivity contribution in [3.63, 3.8) is 0 Å². The minimum Gasteiger partial charge on any atom is -0.497 e. The second-order valence-electron chi connectivity index (χ2n) is 3.67. The number of hydrogen-bond acceptors (Lipinski definition) is 3. The van der Waals surface area contributed by atoms with Crippen LogP contribution in [0.2, 0.25) is 0 Å². The maximum absolute atomic E-state index is 11.5. The minimum atomic E-state index is -0.126. The summed E-state index contributed by atoms with van der Waals surface area (Å²) >= 11 is 0. The lowest BCUT2D eigenvalue weighted by atomic mass is 9.95. The van der Waals surface area contributed by atoms with E-state index in [0.29, 0.717) is 6.42 Å². The van der Waals surface area contributed by atoms with Gasteiger partial charge in [-0.2, -0.15) is 0 Å². The Balaban J connectivity index is 2.06. The van der Waals surface area contributed by atoms with Gasteiger partial charge >= 0.3 is 0 Å². The van der Waals surface area contributed by atoms with Crippen molar-refractivity contribution in [1.82, 2.24) is 0 Å². The van der Waals surface area contributed by atoms with Crippen molar-refractivity contribution in [2.24, 2.45) is 10.9 Å². The highest BCUT2D eigenvalue weighted by Gasteiger charge is 2.16. The fraction of sp³-hybridized carbons (Fsp3) is 0.231. The van der Waals surface area contributed by atoms with Crippen LogP contribution in [0.4, 0.5) is 0 Å². The van der Waals surface area contributed by atoms with Gasteiger partial charge in [-0.3, -0.25) is 9.79 Å². The molecule has 3 heteroatoms. The Morgan fingerprint density at radius 3 is 2.69 bits per heavy atom.